The van der Waals surface area contributed by atoms with E-state index >= 15 is 0 Å². The van der Waals surface area contributed by atoms with Crippen molar-refractivity contribution in [3.8, 4) is 21.7 Å². The van der Waals surface area contributed by atoms with Crippen LogP contribution >= 0.6 is 11.3 Å². The molecule has 7 rings (SSSR count). The van der Waals surface area contributed by atoms with E-state index in [0.717, 1.165) is 49.6 Å². The molecular formula is C27H25N5OS. The molecule has 1 aromatic carbocycles. The van der Waals surface area contributed by atoms with Crippen molar-refractivity contribution >= 4 is 28.0 Å². The number of pyridine rings is 1. The van der Waals surface area contributed by atoms with E-state index in [-0.39, 0.29) is 0 Å². The van der Waals surface area contributed by atoms with Crippen LogP contribution in [0.2, 0.25) is 0 Å². The predicted octanol–water partition coefficient (Wildman–Crippen LogP) is 5.25. The van der Waals surface area contributed by atoms with Gasteiger partial charge in [-0.15, -0.1) is 11.3 Å². The van der Waals surface area contributed by atoms with Gasteiger partial charge in [-0.05, 0) is 55.7 Å². The number of rotatable bonds is 4. The topological polar surface area (TPSA) is 89.3 Å². The summed E-state index contributed by atoms with van der Waals surface area (Å²) in [5, 5.41) is 18.1. The Balaban J connectivity index is 1.39. The molecule has 170 valence electrons. The van der Waals surface area contributed by atoms with E-state index in [4.69, 9.17) is 15.8 Å². The van der Waals surface area contributed by atoms with Crippen LogP contribution in [0.25, 0.3) is 38.4 Å². The van der Waals surface area contributed by atoms with Gasteiger partial charge in [-0.3, -0.25) is 0 Å². The molecule has 3 N–H and O–H groups in total. The molecule has 2 aliphatic carbocycles. The average Bonchev–Trinajstić information content (AvgIpc) is 3.33. The first kappa shape index (κ1) is 20.3. The molecule has 7 heteroatoms. The monoisotopic (exact) mass is 467 g/mol. The van der Waals surface area contributed by atoms with Crippen molar-refractivity contribution in [3.05, 3.63) is 71.4 Å². The number of thiophene rings is 1. The Morgan fingerprint density at radius 1 is 1.12 bits per heavy atom. The number of hydrogen-bond acceptors (Lipinski definition) is 6. The molecule has 34 heavy (non-hydrogen) atoms. The van der Waals surface area contributed by atoms with Gasteiger partial charge in [0.05, 0.1) is 17.0 Å². The molecule has 0 spiro atoms. The van der Waals surface area contributed by atoms with Crippen LogP contribution in [0.15, 0.2) is 60.1 Å². The minimum Gasteiger partial charge on any atom is -0.390 e. The number of fused-ring (bicyclic) bond motifs is 3. The summed E-state index contributed by atoms with van der Waals surface area (Å²) in [6, 6.07) is 16.8. The van der Waals surface area contributed by atoms with E-state index in [1.165, 1.54) is 12.8 Å². The summed E-state index contributed by atoms with van der Waals surface area (Å²) in [5.74, 6) is 0.560. The van der Waals surface area contributed by atoms with Crippen LogP contribution in [0.1, 0.15) is 49.8 Å². The van der Waals surface area contributed by atoms with Gasteiger partial charge in [0.2, 0.25) is 0 Å². The molecule has 0 saturated heterocycles. The van der Waals surface area contributed by atoms with Crippen molar-refractivity contribution in [2.45, 2.75) is 49.7 Å². The lowest BCUT2D eigenvalue weighted by Crippen LogP contribution is -2.58. The second-order valence-corrected chi connectivity index (χ2v) is 11.2. The Morgan fingerprint density at radius 2 is 1.91 bits per heavy atom. The van der Waals surface area contributed by atoms with E-state index in [9.17, 15) is 5.11 Å². The summed E-state index contributed by atoms with van der Waals surface area (Å²) in [6.07, 6.45) is 5.45. The van der Waals surface area contributed by atoms with Gasteiger partial charge in [0.15, 0.2) is 11.3 Å². The van der Waals surface area contributed by atoms with E-state index in [1.807, 2.05) is 17.6 Å². The summed E-state index contributed by atoms with van der Waals surface area (Å²) in [7, 11) is 0. The van der Waals surface area contributed by atoms with Gasteiger partial charge >= 0.3 is 0 Å². The molecule has 2 aliphatic rings. The SMILES string of the molecule is C[C@]1(O)C[C@@](N)(c2ccc(-c3nc4c(cnc5cc(C6CC6)nn54)cc3-c3cccs3)cc2)C1. The maximum atomic E-state index is 10.2. The van der Waals surface area contributed by atoms with Gasteiger partial charge in [0, 0.05) is 45.1 Å². The smallest absolute Gasteiger partial charge is 0.165 e. The third-order valence-electron chi connectivity index (χ3n) is 7.18. The molecule has 0 amide bonds. The lowest BCUT2D eigenvalue weighted by Gasteiger charge is -2.49. The van der Waals surface area contributed by atoms with Gasteiger partial charge in [0.1, 0.15) is 0 Å². The summed E-state index contributed by atoms with van der Waals surface area (Å²) < 4.78 is 1.89. The number of aliphatic hydroxyl groups is 1. The van der Waals surface area contributed by atoms with Crippen LogP contribution in [0.4, 0.5) is 0 Å². The summed E-state index contributed by atoms with van der Waals surface area (Å²) in [6.45, 7) is 1.85. The molecular weight excluding hydrogens is 442 g/mol. The molecule has 4 heterocycles. The molecule has 5 aromatic rings. The summed E-state index contributed by atoms with van der Waals surface area (Å²) >= 11 is 1.70. The van der Waals surface area contributed by atoms with Crippen molar-refractivity contribution in [2.24, 2.45) is 5.73 Å². The van der Waals surface area contributed by atoms with Crippen molar-refractivity contribution in [1.82, 2.24) is 19.6 Å². The van der Waals surface area contributed by atoms with Gasteiger partial charge < -0.3 is 10.8 Å². The highest BCUT2D eigenvalue weighted by Gasteiger charge is 2.49. The van der Waals surface area contributed by atoms with E-state index < -0.39 is 11.1 Å². The zero-order valence-electron chi connectivity index (χ0n) is 18.9. The highest BCUT2D eigenvalue weighted by atomic mass is 32.1. The van der Waals surface area contributed by atoms with Crippen molar-refractivity contribution in [3.63, 3.8) is 0 Å². The Bertz CT molecular complexity index is 1540. The van der Waals surface area contributed by atoms with Gasteiger partial charge in [-0.25, -0.2) is 9.97 Å². The van der Waals surface area contributed by atoms with Gasteiger partial charge in [0.25, 0.3) is 0 Å². The van der Waals surface area contributed by atoms with Crippen LogP contribution in [0.5, 0.6) is 0 Å². The quantitative estimate of drug-likeness (QED) is 0.377. The minimum absolute atomic E-state index is 0.471. The van der Waals surface area contributed by atoms with Gasteiger partial charge in [-0.1, -0.05) is 30.3 Å². The van der Waals surface area contributed by atoms with E-state index in [1.54, 1.807) is 11.3 Å². The van der Waals surface area contributed by atoms with E-state index in [0.29, 0.717) is 18.8 Å². The number of nitrogens with zero attached hydrogens (tertiary/aromatic N) is 4. The molecule has 0 unspecified atom stereocenters. The third-order valence-corrected chi connectivity index (χ3v) is 8.09. The fraction of sp³-hybridized carbons (Fsp3) is 0.296. The second-order valence-electron chi connectivity index (χ2n) is 10.2. The molecule has 0 radical (unpaired) electrons. The number of aromatic nitrogens is 4. The van der Waals surface area contributed by atoms with Crippen LogP contribution < -0.4 is 5.73 Å². The lowest BCUT2D eigenvalue weighted by atomic mass is 9.63. The van der Waals surface area contributed by atoms with E-state index in [2.05, 4.69) is 58.9 Å². The van der Waals surface area contributed by atoms with Crippen molar-refractivity contribution in [1.29, 1.82) is 0 Å². The lowest BCUT2D eigenvalue weighted by molar-refractivity contribution is -0.0738. The first-order chi connectivity index (χ1) is 16.4. The molecule has 6 nitrogen and oxygen atoms in total. The molecule has 0 aliphatic heterocycles. The fourth-order valence-corrected chi connectivity index (χ4v) is 6.19. The Hall–Kier alpha value is -3.13. The van der Waals surface area contributed by atoms with Crippen LogP contribution in [0, 0.1) is 0 Å². The summed E-state index contributed by atoms with van der Waals surface area (Å²) in [5.41, 5.74) is 12.3. The minimum atomic E-state index is -0.678. The molecule has 4 aromatic heterocycles. The van der Waals surface area contributed by atoms with Crippen LogP contribution in [-0.2, 0) is 5.54 Å². The molecule has 2 saturated carbocycles. The number of nitrogens with two attached hydrogens (primary N) is 1. The highest BCUT2D eigenvalue weighted by Crippen LogP contribution is 2.46. The first-order valence-corrected chi connectivity index (χ1v) is 12.6. The zero-order valence-corrected chi connectivity index (χ0v) is 19.7. The zero-order chi connectivity index (χ0) is 23.1. The molecule has 0 bridgehead atoms. The van der Waals surface area contributed by atoms with Gasteiger partial charge in [-0.2, -0.15) is 9.61 Å². The number of benzene rings is 1. The molecule has 0 atom stereocenters. The largest absolute Gasteiger partial charge is 0.390 e. The van der Waals surface area contributed by atoms with Crippen molar-refractivity contribution < 1.29 is 5.11 Å². The number of hydrogen-bond donors (Lipinski definition) is 2. The Morgan fingerprint density at radius 3 is 2.59 bits per heavy atom. The normalized spacial score (nSPS) is 24.6. The fourth-order valence-electron chi connectivity index (χ4n) is 5.45. The predicted molar refractivity (Wildman–Crippen MR) is 135 cm³/mol. The molecule has 2 fully saturated rings. The van der Waals surface area contributed by atoms with Crippen LogP contribution in [-0.4, -0.2) is 30.3 Å². The highest BCUT2D eigenvalue weighted by molar-refractivity contribution is 7.13. The van der Waals surface area contributed by atoms with Crippen molar-refractivity contribution in [2.75, 3.05) is 0 Å². The maximum absolute atomic E-state index is 10.2. The van der Waals surface area contributed by atoms with Crippen LogP contribution in [0.3, 0.4) is 0 Å². The Labute approximate surface area is 201 Å². The third kappa shape index (κ3) is 3.19. The first-order valence-electron chi connectivity index (χ1n) is 11.7. The second kappa shape index (κ2) is 6.95. The maximum Gasteiger partial charge on any atom is 0.165 e. The summed E-state index contributed by atoms with van der Waals surface area (Å²) in [4.78, 5) is 11.0. The average molecular weight is 468 g/mol. The Kier molecular flexibility index (Phi) is 4.14. The standard InChI is InChI=1S/C27H25N5OS/c1-26(33)14-27(28,15-26)19-8-6-17(7-9-19)24-20(22-3-2-10-34-22)11-18-13-29-23-12-21(16-4-5-16)31-32(23)25(18)30-24/h2-3,6-13,16,33H,4-5,14-15,28H2,1H3/t26-,27-.